The molecule has 5 rings (SSSR count). The highest BCUT2D eigenvalue weighted by molar-refractivity contribution is 6.06. The minimum Gasteiger partial charge on any atom is -0.484 e. The Hall–Kier alpha value is -3.67. The number of aryl methyl sites for hydroxylation is 1. The van der Waals surface area contributed by atoms with Gasteiger partial charge in [-0.3, -0.25) is 14.4 Å². The van der Waals surface area contributed by atoms with Gasteiger partial charge in [-0.05, 0) is 74.9 Å². The average molecular weight is 485 g/mol. The van der Waals surface area contributed by atoms with Crippen molar-refractivity contribution in [1.82, 2.24) is 4.90 Å². The van der Waals surface area contributed by atoms with Crippen molar-refractivity contribution in [1.29, 1.82) is 0 Å². The van der Waals surface area contributed by atoms with Gasteiger partial charge >= 0.3 is 0 Å². The molecule has 186 valence electrons. The van der Waals surface area contributed by atoms with Gasteiger partial charge in [-0.15, -0.1) is 0 Å². The minimum atomic E-state index is -0.322. The van der Waals surface area contributed by atoms with E-state index in [1.807, 2.05) is 55.5 Å². The molecule has 2 aromatic carbocycles. The summed E-state index contributed by atoms with van der Waals surface area (Å²) < 4.78 is 5.72. The molecule has 3 aliphatic rings. The van der Waals surface area contributed by atoms with Crippen LogP contribution in [0.2, 0.25) is 0 Å². The first kappa shape index (κ1) is 24.0. The van der Waals surface area contributed by atoms with E-state index in [1.54, 1.807) is 0 Å². The predicted molar refractivity (Wildman–Crippen MR) is 139 cm³/mol. The fraction of sp³-hybridized carbons (Fsp3) is 0.367. The van der Waals surface area contributed by atoms with Crippen molar-refractivity contribution in [2.24, 2.45) is 0 Å². The topological polar surface area (TPSA) is 75.7 Å². The molecule has 1 aliphatic heterocycles. The van der Waals surface area contributed by atoms with Crippen LogP contribution in [0, 0.1) is 6.92 Å². The summed E-state index contributed by atoms with van der Waals surface area (Å²) in [6, 6.07) is 15.1. The molecule has 6 nitrogen and oxygen atoms in total. The molecule has 0 bridgehead atoms. The molecule has 2 aromatic rings. The molecule has 6 heteroatoms. The van der Waals surface area contributed by atoms with Crippen LogP contribution in [0.3, 0.4) is 0 Å². The van der Waals surface area contributed by atoms with Crippen molar-refractivity contribution >= 4 is 23.2 Å². The first-order chi connectivity index (χ1) is 17.5. The second-order valence-electron chi connectivity index (χ2n) is 9.73. The van der Waals surface area contributed by atoms with Crippen LogP contribution in [-0.4, -0.2) is 35.5 Å². The van der Waals surface area contributed by atoms with E-state index < -0.39 is 0 Å². The van der Waals surface area contributed by atoms with Crippen LogP contribution in [0.4, 0.5) is 5.69 Å². The van der Waals surface area contributed by atoms with E-state index in [1.165, 1.54) is 0 Å². The van der Waals surface area contributed by atoms with Gasteiger partial charge in [-0.1, -0.05) is 24.3 Å². The maximum atomic E-state index is 13.2. The Balaban J connectivity index is 1.38. The number of benzene rings is 2. The van der Waals surface area contributed by atoms with E-state index in [0.717, 1.165) is 71.6 Å². The third-order valence-electron chi connectivity index (χ3n) is 7.29. The monoisotopic (exact) mass is 484 g/mol. The zero-order valence-electron chi connectivity index (χ0n) is 20.9. The summed E-state index contributed by atoms with van der Waals surface area (Å²) in [6.45, 7) is 4.72. The lowest BCUT2D eigenvalue weighted by molar-refractivity contribution is -0.118. The summed E-state index contributed by atoms with van der Waals surface area (Å²) in [5, 5.41) is 2.84. The van der Waals surface area contributed by atoms with E-state index >= 15 is 0 Å². The second-order valence-corrected chi connectivity index (χ2v) is 9.73. The number of nitrogens with zero attached hydrogens (tertiary/aromatic N) is 1. The SMILES string of the molecule is CCN1C2=C(C(=O)CCC2)C(c2ccc(OCC(=O)Nc3cccc(C)c3)cc2)C2=C1CCCC2=O. The molecule has 0 aromatic heterocycles. The zero-order chi connectivity index (χ0) is 25.2. The maximum absolute atomic E-state index is 13.2. The summed E-state index contributed by atoms with van der Waals surface area (Å²) >= 11 is 0. The highest BCUT2D eigenvalue weighted by Gasteiger charge is 2.42. The lowest BCUT2D eigenvalue weighted by Gasteiger charge is -2.43. The minimum absolute atomic E-state index is 0.107. The molecule has 0 spiro atoms. The molecule has 36 heavy (non-hydrogen) atoms. The number of hydrogen-bond donors (Lipinski definition) is 1. The third kappa shape index (κ3) is 4.60. The number of hydrogen-bond acceptors (Lipinski definition) is 5. The number of amides is 1. The van der Waals surface area contributed by atoms with Gasteiger partial charge in [-0.2, -0.15) is 0 Å². The van der Waals surface area contributed by atoms with Gasteiger partial charge in [0.1, 0.15) is 5.75 Å². The van der Waals surface area contributed by atoms with Crippen molar-refractivity contribution in [2.45, 2.75) is 58.3 Å². The molecule has 0 fully saturated rings. The molecule has 1 heterocycles. The number of carbonyl (C=O) groups excluding carboxylic acids is 3. The first-order valence-corrected chi connectivity index (χ1v) is 12.9. The van der Waals surface area contributed by atoms with E-state index in [4.69, 9.17) is 4.74 Å². The Bertz CT molecular complexity index is 1230. The molecule has 0 atom stereocenters. The number of ketones is 2. The number of allylic oxidation sites excluding steroid dienone is 4. The van der Waals surface area contributed by atoms with Gasteiger partial charge in [0.2, 0.25) is 0 Å². The largest absolute Gasteiger partial charge is 0.484 e. The summed E-state index contributed by atoms with van der Waals surface area (Å²) in [7, 11) is 0. The van der Waals surface area contributed by atoms with Gasteiger partial charge in [-0.25, -0.2) is 0 Å². The lowest BCUT2D eigenvalue weighted by atomic mass is 9.71. The Morgan fingerprint density at radius 2 is 1.58 bits per heavy atom. The molecule has 1 amide bonds. The van der Waals surface area contributed by atoms with E-state index in [-0.39, 0.29) is 30.0 Å². The van der Waals surface area contributed by atoms with Crippen molar-refractivity contribution in [3.05, 3.63) is 82.2 Å². The highest BCUT2D eigenvalue weighted by Crippen LogP contribution is 2.49. The number of carbonyl (C=O) groups is 3. The molecule has 0 saturated heterocycles. The Morgan fingerprint density at radius 3 is 2.17 bits per heavy atom. The molecular weight excluding hydrogens is 452 g/mol. The third-order valence-corrected chi connectivity index (χ3v) is 7.29. The van der Waals surface area contributed by atoms with Gasteiger partial charge in [0.25, 0.3) is 5.91 Å². The summed E-state index contributed by atoms with van der Waals surface area (Å²) in [5.74, 6) is 0.312. The van der Waals surface area contributed by atoms with Crippen LogP contribution in [0.25, 0.3) is 0 Å². The second kappa shape index (κ2) is 10.1. The lowest BCUT2D eigenvalue weighted by Crippen LogP contribution is -2.39. The van der Waals surface area contributed by atoms with Crippen LogP contribution in [0.5, 0.6) is 5.75 Å². The van der Waals surface area contributed by atoms with Gasteiger partial charge in [0, 0.05) is 53.5 Å². The van der Waals surface area contributed by atoms with Gasteiger partial charge in [0.05, 0.1) is 0 Å². The quantitative estimate of drug-likeness (QED) is 0.590. The highest BCUT2D eigenvalue weighted by atomic mass is 16.5. The Morgan fingerprint density at radius 1 is 0.944 bits per heavy atom. The molecule has 0 radical (unpaired) electrons. The number of anilines is 1. The van der Waals surface area contributed by atoms with Crippen molar-refractivity contribution in [3.8, 4) is 5.75 Å². The van der Waals surface area contributed by atoms with Crippen molar-refractivity contribution in [2.75, 3.05) is 18.5 Å². The summed E-state index contributed by atoms with van der Waals surface area (Å²) in [4.78, 5) is 40.9. The molecule has 0 saturated carbocycles. The van der Waals surface area contributed by atoms with Crippen molar-refractivity contribution < 1.29 is 19.1 Å². The standard InChI is InChI=1S/C30H32N2O4/c1-3-32-23-9-5-11-25(33)29(23)28(30-24(32)10-6-12-26(30)34)20-13-15-22(16-14-20)36-18-27(35)31-21-8-4-7-19(2)17-21/h4,7-8,13-17,28H,3,5-6,9-12,18H2,1-2H3,(H,31,35). The van der Waals surface area contributed by atoms with Crippen LogP contribution >= 0.6 is 0 Å². The fourth-order valence-electron chi connectivity index (χ4n) is 5.76. The maximum Gasteiger partial charge on any atom is 0.262 e. The normalized spacial score (nSPS) is 18.2. The zero-order valence-corrected chi connectivity index (χ0v) is 20.9. The Kier molecular flexibility index (Phi) is 6.77. The molecular formula is C30H32N2O4. The van der Waals surface area contributed by atoms with E-state index in [9.17, 15) is 14.4 Å². The molecule has 1 N–H and O–H groups in total. The molecule has 0 unspecified atom stereocenters. The fourth-order valence-corrected chi connectivity index (χ4v) is 5.76. The number of rotatable bonds is 6. The van der Waals surface area contributed by atoms with Crippen LogP contribution in [0.15, 0.2) is 71.1 Å². The predicted octanol–water partition coefficient (Wildman–Crippen LogP) is 5.45. The first-order valence-electron chi connectivity index (χ1n) is 12.9. The van der Waals surface area contributed by atoms with Crippen molar-refractivity contribution in [3.63, 3.8) is 0 Å². The van der Waals surface area contributed by atoms with Gasteiger partial charge < -0.3 is 15.0 Å². The molecule has 2 aliphatic carbocycles. The van der Waals surface area contributed by atoms with Crippen LogP contribution in [-0.2, 0) is 14.4 Å². The van der Waals surface area contributed by atoms with E-state index in [2.05, 4.69) is 17.1 Å². The summed E-state index contributed by atoms with van der Waals surface area (Å²) in [6.07, 6.45) is 4.51. The van der Waals surface area contributed by atoms with Gasteiger partial charge in [0.15, 0.2) is 18.2 Å². The van der Waals surface area contributed by atoms with Crippen LogP contribution < -0.4 is 10.1 Å². The van der Waals surface area contributed by atoms with Crippen LogP contribution in [0.1, 0.15) is 62.5 Å². The number of Topliss-reactive ketones (excluding diaryl/α,β-unsaturated/α-hetero) is 2. The average Bonchev–Trinajstić information content (AvgIpc) is 2.87. The summed E-state index contributed by atoms with van der Waals surface area (Å²) in [5.41, 5.74) is 6.51. The Labute approximate surface area is 212 Å². The smallest absolute Gasteiger partial charge is 0.262 e. The number of nitrogens with one attached hydrogen (secondary N) is 1. The van der Waals surface area contributed by atoms with E-state index in [0.29, 0.717) is 18.6 Å². The number of ether oxygens (including phenoxy) is 1.